The Labute approximate surface area is 317 Å². The lowest BCUT2D eigenvalue weighted by atomic mass is 9.93. The molecule has 11 heteroatoms. The molecule has 0 amide bonds. The minimum Gasteiger partial charge on any atom is -0.493 e. The van der Waals surface area contributed by atoms with Crippen molar-refractivity contribution in [1.29, 1.82) is 5.26 Å². The van der Waals surface area contributed by atoms with E-state index in [0.29, 0.717) is 40.2 Å². The largest absolute Gasteiger partial charge is 0.493 e. The van der Waals surface area contributed by atoms with Crippen LogP contribution in [0.3, 0.4) is 0 Å². The highest BCUT2D eigenvalue weighted by Crippen LogP contribution is 2.36. The fourth-order valence-electron chi connectivity index (χ4n) is 6.54. The van der Waals surface area contributed by atoms with E-state index in [1.54, 1.807) is 31.3 Å². The lowest BCUT2D eigenvalue weighted by Gasteiger charge is -2.31. The summed E-state index contributed by atoms with van der Waals surface area (Å²) in [5.74, 6) is 2.20. The molecule has 0 radical (unpaired) electrons. The van der Waals surface area contributed by atoms with E-state index in [2.05, 4.69) is 47.3 Å². The van der Waals surface area contributed by atoms with Gasteiger partial charge in [-0.3, -0.25) is 4.98 Å². The lowest BCUT2D eigenvalue weighted by Crippen LogP contribution is -2.48. The molecule has 1 aromatic heterocycles. The molecule has 0 bridgehead atoms. The third kappa shape index (κ3) is 10.7. The maximum atomic E-state index is 9.81. The number of aliphatic hydroxyl groups is 3. The molecule has 1 atom stereocenters. The maximum absolute atomic E-state index is 9.81. The number of pyridine rings is 1. The molecule has 1 aliphatic rings. The first kappa shape index (κ1) is 40.0. The Balaban J connectivity index is 1.29. The molecule has 0 spiro atoms. The molecule has 53 heavy (non-hydrogen) atoms. The van der Waals surface area contributed by atoms with Gasteiger partial charge in [0.05, 0.1) is 35.9 Å². The van der Waals surface area contributed by atoms with E-state index in [9.17, 15) is 20.6 Å². The van der Waals surface area contributed by atoms with Crippen LogP contribution < -0.4 is 19.5 Å². The Morgan fingerprint density at radius 2 is 1.68 bits per heavy atom. The first-order chi connectivity index (χ1) is 25.7. The molecule has 3 aromatic carbocycles. The van der Waals surface area contributed by atoms with Crippen LogP contribution in [0.1, 0.15) is 59.6 Å². The van der Waals surface area contributed by atoms with E-state index < -0.39 is 5.54 Å². The predicted octanol–water partition coefficient (Wildman–Crippen LogP) is 6.35. The van der Waals surface area contributed by atoms with Crippen molar-refractivity contribution in [3.8, 4) is 34.4 Å². The number of ether oxygens (including phenoxy) is 3. The van der Waals surface area contributed by atoms with Gasteiger partial charge in [-0.05, 0) is 98.5 Å². The minimum absolute atomic E-state index is 0.153. The normalized spacial score (nSPS) is 14.9. The van der Waals surface area contributed by atoms with Crippen molar-refractivity contribution >= 4 is 11.6 Å². The first-order valence-corrected chi connectivity index (χ1v) is 18.6. The monoisotopic (exact) mass is 742 g/mol. The Morgan fingerprint density at radius 3 is 2.43 bits per heavy atom. The highest BCUT2D eigenvalue weighted by molar-refractivity contribution is 6.32. The number of nitrogens with one attached hydrogen (secondary N) is 1. The molecular weight excluding hydrogens is 692 g/mol. The van der Waals surface area contributed by atoms with Gasteiger partial charge < -0.3 is 39.7 Å². The standard InChI is InChI=1S/C42H51ClN4O6/c1-29-34(9-4-10-36(29)37-11-5-12-39(30(37)2)51-15-7-14-47-13-6-8-31(23-47)24-48)26-53-41-18-40(52-25-33-16-32(19-44)20-45-21-33)35(17-38(41)43)22-46-42(3,27-49)28-50/h4-5,9-12,16-18,20-21,31,46,48-50H,6-8,13-15,22-28H2,1-3H3/t31-/m0/s1. The Kier molecular flexibility index (Phi) is 14.5. The second-order valence-electron chi connectivity index (χ2n) is 14.1. The number of piperidine rings is 1. The summed E-state index contributed by atoms with van der Waals surface area (Å²) in [6, 6.07) is 19.7. The number of aromatic nitrogens is 1. The Hall–Kier alpha value is -4.21. The summed E-state index contributed by atoms with van der Waals surface area (Å²) in [6.45, 7) is 9.97. The summed E-state index contributed by atoms with van der Waals surface area (Å²) < 4.78 is 18.9. The topological polar surface area (TPSA) is 140 Å². The zero-order chi connectivity index (χ0) is 37.8. The summed E-state index contributed by atoms with van der Waals surface area (Å²) >= 11 is 6.78. The number of hydrogen-bond acceptors (Lipinski definition) is 10. The quantitative estimate of drug-likeness (QED) is 0.0853. The summed E-state index contributed by atoms with van der Waals surface area (Å²) in [7, 11) is 0. The van der Waals surface area contributed by atoms with Crippen molar-refractivity contribution in [2.45, 2.75) is 65.3 Å². The van der Waals surface area contributed by atoms with Crippen molar-refractivity contribution in [1.82, 2.24) is 15.2 Å². The number of aliphatic hydroxyl groups excluding tert-OH is 3. The molecule has 2 heterocycles. The third-order valence-electron chi connectivity index (χ3n) is 9.98. The average molecular weight is 743 g/mol. The summed E-state index contributed by atoms with van der Waals surface area (Å²) in [5.41, 5.74) is 6.32. The van der Waals surface area contributed by atoms with Crippen molar-refractivity contribution < 1.29 is 29.5 Å². The van der Waals surface area contributed by atoms with Gasteiger partial charge in [0.15, 0.2) is 0 Å². The second-order valence-corrected chi connectivity index (χ2v) is 14.5. The van der Waals surface area contributed by atoms with Crippen LogP contribution in [0.25, 0.3) is 11.1 Å². The Bertz CT molecular complexity index is 1860. The molecule has 0 aliphatic carbocycles. The third-order valence-corrected chi connectivity index (χ3v) is 10.3. The number of nitrogens with zero attached hydrogens (tertiary/aromatic N) is 3. The van der Waals surface area contributed by atoms with Gasteiger partial charge in [-0.1, -0.05) is 41.9 Å². The van der Waals surface area contributed by atoms with Gasteiger partial charge in [-0.25, -0.2) is 0 Å². The van der Waals surface area contributed by atoms with Crippen molar-refractivity contribution in [3.05, 3.63) is 105 Å². The highest BCUT2D eigenvalue weighted by Gasteiger charge is 2.23. The van der Waals surface area contributed by atoms with E-state index >= 15 is 0 Å². The van der Waals surface area contributed by atoms with Crippen LogP contribution in [0.2, 0.25) is 5.02 Å². The van der Waals surface area contributed by atoms with E-state index in [4.69, 9.17) is 25.8 Å². The van der Waals surface area contributed by atoms with Gasteiger partial charge in [-0.2, -0.15) is 5.26 Å². The van der Waals surface area contributed by atoms with E-state index in [-0.39, 0.29) is 39.6 Å². The van der Waals surface area contributed by atoms with Crippen molar-refractivity contribution in [2.24, 2.45) is 5.92 Å². The Morgan fingerprint density at radius 1 is 0.925 bits per heavy atom. The van der Waals surface area contributed by atoms with Gasteiger partial charge in [0, 0.05) is 55.8 Å². The van der Waals surface area contributed by atoms with Crippen LogP contribution in [0, 0.1) is 31.1 Å². The fourth-order valence-corrected chi connectivity index (χ4v) is 6.78. The van der Waals surface area contributed by atoms with Crippen molar-refractivity contribution in [2.75, 3.05) is 46.1 Å². The first-order valence-electron chi connectivity index (χ1n) is 18.2. The van der Waals surface area contributed by atoms with Crippen LogP contribution in [0.15, 0.2) is 67.0 Å². The molecular formula is C42H51ClN4O6. The number of hydrogen-bond donors (Lipinski definition) is 4. The van der Waals surface area contributed by atoms with Gasteiger partial charge in [0.2, 0.25) is 0 Å². The lowest BCUT2D eigenvalue weighted by molar-refractivity contribution is 0.103. The highest BCUT2D eigenvalue weighted by atomic mass is 35.5. The van der Waals surface area contributed by atoms with Gasteiger partial charge in [-0.15, -0.1) is 0 Å². The smallest absolute Gasteiger partial charge is 0.142 e. The average Bonchev–Trinajstić information content (AvgIpc) is 3.19. The molecule has 1 aliphatic heterocycles. The molecule has 0 saturated carbocycles. The van der Waals surface area contributed by atoms with E-state index in [1.807, 2.05) is 24.3 Å². The maximum Gasteiger partial charge on any atom is 0.142 e. The van der Waals surface area contributed by atoms with Crippen LogP contribution in [-0.4, -0.2) is 76.8 Å². The molecule has 282 valence electrons. The molecule has 10 nitrogen and oxygen atoms in total. The molecule has 4 aromatic rings. The number of benzene rings is 3. The fraction of sp³-hybridized carbons (Fsp3) is 0.429. The number of nitriles is 1. The van der Waals surface area contributed by atoms with Crippen molar-refractivity contribution in [3.63, 3.8) is 0 Å². The second kappa shape index (κ2) is 19.2. The van der Waals surface area contributed by atoms with E-state index in [0.717, 1.165) is 78.0 Å². The summed E-state index contributed by atoms with van der Waals surface area (Å²) in [6.07, 6.45) is 6.31. The molecule has 4 N–H and O–H groups in total. The molecule has 1 saturated heterocycles. The number of halogens is 1. The van der Waals surface area contributed by atoms with Crippen LogP contribution in [0.5, 0.6) is 17.2 Å². The predicted molar refractivity (Wildman–Crippen MR) is 206 cm³/mol. The summed E-state index contributed by atoms with van der Waals surface area (Å²) in [4.78, 5) is 6.56. The van der Waals surface area contributed by atoms with Crippen LogP contribution in [0.4, 0.5) is 0 Å². The van der Waals surface area contributed by atoms with Crippen LogP contribution in [-0.2, 0) is 19.8 Å². The van der Waals surface area contributed by atoms with Gasteiger partial charge in [0.1, 0.15) is 36.5 Å². The zero-order valence-electron chi connectivity index (χ0n) is 30.9. The number of rotatable bonds is 18. The van der Waals surface area contributed by atoms with Crippen LogP contribution >= 0.6 is 11.6 Å². The molecule has 1 fully saturated rings. The van der Waals surface area contributed by atoms with Gasteiger partial charge >= 0.3 is 0 Å². The van der Waals surface area contributed by atoms with Gasteiger partial charge in [0.25, 0.3) is 0 Å². The SMILES string of the molecule is Cc1c(COc2cc(OCc3cncc(C#N)c3)c(CNC(C)(CO)CO)cc2Cl)cccc1-c1cccc(OCCCN2CCC[C@H](CO)C2)c1C. The minimum atomic E-state index is -0.908. The van der Waals surface area contributed by atoms with E-state index in [1.165, 1.54) is 6.20 Å². The number of likely N-dealkylation sites (tertiary alicyclic amines) is 1. The summed E-state index contributed by atoms with van der Waals surface area (Å²) in [5, 5.41) is 42.0. The zero-order valence-corrected chi connectivity index (χ0v) is 31.7. The molecule has 5 rings (SSSR count). The molecule has 0 unspecified atom stereocenters.